The molecule has 0 saturated heterocycles. The van der Waals surface area contributed by atoms with E-state index in [2.05, 4.69) is 30.7 Å². The van der Waals surface area contributed by atoms with Crippen LogP contribution in [0.3, 0.4) is 0 Å². The minimum Gasteiger partial charge on any atom is -0.406 e. The second-order valence-corrected chi connectivity index (χ2v) is 2.83. The van der Waals surface area contributed by atoms with Gasteiger partial charge in [0.25, 0.3) is 5.95 Å². The van der Waals surface area contributed by atoms with Crippen LogP contribution in [0.5, 0.6) is 0 Å². The third-order valence-electron chi connectivity index (χ3n) is 1.53. The third kappa shape index (κ3) is 2.23. The predicted octanol–water partition coefficient (Wildman–Crippen LogP) is 0.0179. The molecular formula is C7H9N7O. The third-order valence-corrected chi connectivity index (χ3v) is 1.53. The maximum absolute atomic E-state index is 5.55. The predicted molar refractivity (Wildman–Crippen MR) is 50.0 cm³/mol. The number of nitrogens with two attached hydrogens (primary N) is 1. The monoisotopic (exact) mass is 207 g/mol. The zero-order chi connectivity index (χ0) is 10.7. The first-order valence-corrected chi connectivity index (χ1v) is 4.25. The van der Waals surface area contributed by atoms with Gasteiger partial charge in [-0.1, -0.05) is 5.10 Å². The van der Waals surface area contributed by atoms with E-state index in [0.717, 1.165) is 0 Å². The van der Waals surface area contributed by atoms with E-state index >= 15 is 0 Å². The van der Waals surface area contributed by atoms with Gasteiger partial charge in [-0.2, -0.15) is 5.10 Å². The first kappa shape index (κ1) is 9.46. The van der Waals surface area contributed by atoms with Crippen molar-refractivity contribution in [2.75, 3.05) is 5.32 Å². The van der Waals surface area contributed by atoms with Crippen LogP contribution in [0.2, 0.25) is 0 Å². The Bertz CT molecular complexity index is 426. The molecule has 78 valence electrons. The summed E-state index contributed by atoms with van der Waals surface area (Å²) in [5, 5.41) is 17.5. The molecule has 3 N–H and O–H groups in total. The van der Waals surface area contributed by atoms with Gasteiger partial charge in [-0.3, -0.25) is 5.32 Å². The maximum Gasteiger partial charge on any atom is 0.322 e. The minimum atomic E-state index is -0.303. The zero-order valence-corrected chi connectivity index (χ0v) is 7.95. The topological polar surface area (TPSA) is 116 Å². The Hall–Kier alpha value is -2.09. The summed E-state index contributed by atoms with van der Waals surface area (Å²) < 4.78 is 5.18. The molecule has 2 rings (SSSR count). The lowest BCUT2D eigenvalue weighted by molar-refractivity contribution is 0.475. The Kier molecular flexibility index (Phi) is 2.50. The summed E-state index contributed by atoms with van der Waals surface area (Å²) in [4.78, 5) is 3.88. The SMILES string of the molecule is CC(N)c1nnc(Nc2nccnn2)o1. The average molecular weight is 207 g/mol. The van der Waals surface area contributed by atoms with Crippen LogP contribution in [0.25, 0.3) is 0 Å². The lowest BCUT2D eigenvalue weighted by atomic mass is 10.4. The highest BCUT2D eigenvalue weighted by molar-refractivity contribution is 5.37. The Labute approximate surface area is 84.9 Å². The van der Waals surface area contributed by atoms with Gasteiger partial charge in [0, 0.05) is 0 Å². The van der Waals surface area contributed by atoms with Crippen LogP contribution >= 0.6 is 0 Å². The van der Waals surface area contributed by atoms with Crippen molar-refractivity contribution >= 4 is 12.0 Å². The molecule has 2 aromatic heterocycles. The molecule has 0 aliphatic heterocycles. The normalized spacial score (nSPS) is 12.4. The van der Waals surface area contributed by atoms with Crippen LogP contribution in [0, 0.1) is 0 Å². The fraction of sp³-hybridized carbons (Fsp3) is 0.286. The fourth-order valence-corrected chi connectivity index (χ4v) is 0.870. The molecule has 0 saturated carbocycles. The van der Waals surface area contributed by atoms with Crippen molar-refractivity contribution in [2.45, 2.75) is 13.0 Å². The highest BCUT2D eigenvalue weighted by Gasteiger charge is 2.10. The molecule has 0 fully saturated rings. The van der Waals surface area contributed by atoms with Crippen molar-refractivity contribution in [2.24, 2.45) is 5.73 Å². The second kappa shape index (κ2) is 3.96. The Morgan fingerprint density at radius 2 is 2.20 bits per heavy atom. The van der Waals surface area contributed by atoms with Crippen molar-refractivity contribution in [1.82, 2.24) is 25.4 Å². The summed E-state index contributed by atoms with van der Waals surface area (Å²) in [6, 6.07) is -0.113. The number of aromatic nitrogens is 5. The number of hydrogen-bond donors (Lipinski definition) is 2. The van der Waals surface area contributed by atoms with Crippen LogP contribution in [0.4, 0.5) is 12.0 Å². The molecule has 0 aliphatic carbocycles. The van der Waals surface area contributed by atoms with Gasteiger partial charge in [0.1, 0.15) is 0 Å². The number of anilines is 2. The highest BCUT2D eigenvalue weighted by Crippen LogP contribution is 2.13. The van der Waals surface area contributed by atoms with E-state index in [1.165, 1.54) is 12.4 Å². The van der Waals surface area contributed by atoms with Crippen molar-refractivity contribution in [3.8, 4) is 0 Å². The number of nitrogens with one attached hydrogen (secondary N) is 1. The molecule has 2 aromatic rings. The smallest absolute Gasteiger partial charge is 0.322 e. The number of hydrogen-bond acceptors (Lipinski definition) is 8. The molecular weight excluding hydrogens is 198 g/mol. The Balaban J connectivity index is 2.12. The molecule has 0 spiro atoms. The zero-order valence-electron chi connectivity index (χ0n) is 7.95. The molecule has 0 aromatic carbocycles. The van der Waals surface area contributed by atoms with Gasteiger partial charge >= 0.3 is 6.01 Å². The van der Waals surface area contributed by atoms with Gasteiger partial charge in [0.2, 0.25) is 5.89 Å². The van der Waals surface area contributed by atoms with E-state index in [9.17, 15) is 0 Å². The summed E-state index contributed by atoms with van der Waals surface area (Å²) in [5.74, 6) is 0.638. The summed E-state index contributed by atoms with van der Waals surface area (Å²) in [7, 11) is 0. The molecule has 0 aliphatic rings. The first-order valence-electron chi connectivity index (χ1n) is 4.25. The molecule has 2 heterocycles. The summed E-state index contributed by atoms with van der Waals surface area (Å²) in [5.41, 5.74) is 5.55. The number of rotatable bonds is 3. The molecule has 8 nitrogen and oxygen atoms in total. The molecule has 0 bridgehead atoms. The molecule has 0 radical (unpaired) electrons. The minimum absolute atomic E-state index is 0.190. The lowest BCUT2D eigenvalue weighted by Gasteiger charge is -1.97. The van der Waals surface area contributed by atoms with E-state index in [1.807, 2.05) is 0 Å². The van der Waals surface area contributed by atoms with Crippen molar-refractivity contribution < 1.29 is 4.42 Å². The summed E-state index contributed by atoms with van der Waals surface area (Å²) >= 11 is 0. The van der Waals surface area contributed by atoms with Crippen LogP contribution in [-0.4, -0.2) is 25.4 Å². The van der Waals surface area contributed by atoms with E-state index in [1.54, 1.807) is 6.92 Å². The van der Waals surface area contributed by atoms with E-state index in [0.29, 0.717) is 5.89 Å². The van der Waals surface area contributed by atoms with Crippen molar-refractivity contribution in [3.63, 3.8) is 0 Å². The van der Waals surface area contributed by atoms with Crippen LogP contribution < -0.4 is 11.1 Å². The van der Waals surface area contributed by atoms with Crippen molar-refractivity contribution in [3.05, 3.63) is 18.3 Å². The fourth-order valence-electron chi connectivity index (χ4n) is 0.870. The lowest BCUT2D eigenvalue weighted by Crippen LogP contribution is -2.04. The second-order valence-electron chi connectivity index (χ2n) is 2.83. The average Bonchev–Trinajstić information content (AvgIpc) is 2.68. The van der Waals surface area contributed by atoms with E-state index < -0.39 is 0 Å². The number of nitrogens with zero attached hydrogens (tertiary/aromatic N) is 5. The standard InChI is InChI=1S/C7H9N7O/c1-4(8)5-12-14-7(15-5)11-6-9-2-3-10-13-6/h2-4H,8H2,1H3,(H,9,11,13,14). The quantitative estimate of drug-likeness (QED) is 0.723. The van der Waals surface area contributed by atoms with E-state index in [-0.39, 0.29) is 18.0 Å². The molecule has 8 heteroatoms. The molecule has 1 unspecified atom stereocenters. The molecule has 15 heavy (non-hydrogen) atoms. The molecule has 1 atom stereocenters. The van der Waals surface area contributed by atoms with Gasteiger partial charge in [-0.25, -0.2) is 4.98 Å². The Morgan fingerprint density at radius 1 is 1.33 bits per heavy atom. The largest absolute Gasteiger partial charge is 0.406 e. The van der Waals surface area contributed by atoms with E-state index in [4.69, 9.17) is 10.2 Å². The van der Waals surface area contributed by atoms with Gasteiger partial charge < -0.3 is 10.2 Å². The summed E-state index contributed by atoms with van der Waals surface area (Å²) in [6.07, 6.45) is 2.96. The van der Waals surface area contributed by atoms with Gasteiger partial charge in [-0.05, 0) is 6.92 Å². The van der Waals surface area contributed by atoms with Crippen LogP contribution in [0.1, 0.15) is 18.9 Å². The first-order chi connectivity index (χ1) is 7.25. The highest BCUT2D eigenvalue weighted by atomic mass is 16.4. The summed E-state index contributed by atoms with van der Waals surface area (Å²) in [6.45, 7) is 1.75. The van der Waals surface area contributed by atoms with Gasteiger partial charge in [0.15, 0.2) is 0 Å². The maximum atomic E-state index is 5.55. The molecule has 0 amide bonds. The Morgan fingerprint density at radius 3 is 2.80 bits per heavy atom. The van der Waals surface area contributed by atoms with Gasteiger partial charge in [-0.15, -0.1) is 10.2 Å². The van der Waals surface area contributed by atoms with Crippen molar-refractivity contribution in [1.29, 1.82) is 0 Å². The van der Waals surface area contributed by atoms with Gasteiger partial charge in [0.05, 0.1) is 18.4 Å². The van der Waals surface area contributed by atoms with Crippen LogP contribution in [0.15, 0.2) is 16.8 Å². The van der Waals surface area contributed by atoms with Crippen LogP contribution in [-0.2, 0) is 0 Å².